The molecular formula is C25H24O5. The first-order valence-corrected chi connectivity index (χ1v) is 10.0. The quantitative estimate of drug-likeness (QED) is 0.353. The molecule has 154 valence electrons. The number of hydrogen-bond acceptors (Lipinski definition) is 5. The summed E-state index contributed by atoms with van der Waals surface area (Å²) in [6, 6.07) is 16.8. The van der Waals surface area contributed by atoms with Crippen molar-refractivity contribution in [2.24, 2.45) is 0 Å². The number of hydrogen-bond donors (Lipinski definition) is 0. The molecule has 0 fully saturated rings. The predicted octanol–water partition coefficient (Wildman–Crippen LogP) is 4.61. The van der Waals surface area contributed by atoms with Crippen molar-refractivity contribution in [3.05, 3.63) is 87.8 Å². The zero-order chi connectivity index (χ0) is 21.3. The predicted molar refractivity (Wildman–Crippen MR) is 115 cm³/mol. The fraction of sp³-hybridized carbons (Fsp3) is 0.280. The van der Waals surface area contributed by atoms with E-state index in [1.165, 1.54) is 6.07 Å². The van der Waals surface area contributed by atoms with Crippen molar-refractivity contribution in [1.29, 1.82) is 0 Å². The first kappa shape index (κ1) is 20.0. The Hall–Kier alpha value is -3.34. The van der Waals surface area contributed by atoms with E-state index in [0.29, 0.717) is 29.7 Å². The highest BCUT2D eigenvalue weighted by Crippen LogP contribution is 2.38. The fourth-order valence-corrected chi connectivity index (χ4v) is 3.78. The molecule has 0 saturated heterocycles. The molecule has 5 heteroatoms. The molecule has 1 aliphatic rings. The Kier molecular flexibility index (Phi) is 5.20. The van der Waals surface area contributed by atoms with Crippen LogP contribution in [-0.2, 0) is 22.4 Å². The van der Waals surface area contributed by atoms with Gasteiger partial charge in [-0.3, -0.25) is 0 Å². The molecule has 0 radical (unpaired) electrons. The van der Waals surface area contributed by atoms with Gasteiger partial charge in [-0.05, 0) is 44.0 Å². The number of fused-ring (bicyclic) bond motifs is 2. The molecular weight excluding hydrogens is 380 g/mol. The number of carbonyl (C=O) groups is 1. The van der Waals surface area contributed by atoms with Gasteiger partial charge in [-0.15, -0.1) is 0 Å². The second-order valence-electron chi connectivity index (χ2n) is 7.90. The molecule has 0 bridgehead atoms. The average Bonchev–Trinajstić information content (AvgIpc) is 3.15. The molecule has 0 spiro atoms. The highest BCUT2D eigenvalue weighted by Gasteiger charge is 2.44. The van der Waals surface area contributed by atoms with Crippen LogP contribution in [0.2, 0.25) is 0 Å². The molecule has 0 unspecified atom stereocenters. The summed E-state index contributed by atoms with van der Waals surface area (Å²) in [5.74, 6) is 0.298. The van der Waals surface area contributed by atoms with Crippen molar-refractivity contribution < 1.29 is 18.7 Å². The van der Waals surface area contributed by atoms with Gasteiger partial charge in [0.25, 0.3) is 0 Å². The molecule has 0 amide bonds. The van der Waals surface area contributed by atoms with E-state index in [2.05, 4.69) is 0 Å². The van der Waals surface area contributed by atoms with Crippen molar-refractivity contribution in [2.75, 3.05) is 0 Å². The molecule has 2 heterocycles. The van der Waals surface area contributed by atoms with Crippen LogP contribution in [0.15, 0.2) is 75.5 Å². The number of allylic oxidation sites excluding steroid dienone is 1. The Morgan fingerprint density at radius 1 is 1.20 bits per heavy atom. The number of esters is 1. The lowest BCUT2D eigenvalue weighted by molar-refractivity contribution is -0.162. The minimum Gasteiger partial charge on any atom is -0.485 e. The van der Waals surface area contributed by atoms with Gasteiger partial charge in [-0.2, -0.15) is 0 Å². The molecule has 2 aromatic carbocycles. The number of benzene rings is 2. The van der Waals surface area contributed by atoms with E-state index < -0.39 is 11.2 Å². The molecule has 0 aliphatic carbocycles. The average molecular weight is 404 g/mol. The SMILES string of the molecule is C/C=C(\C)C(=O)O[C@@](C)(Cc1ccccc1)[C@@H]1Cc2cc3ccc(=O)oc3cc2O1. The third-order valence-electron chi connectivity index (χ3n) is 5.64. The van der Waals surface area contributed by atoms with Crippen LogP contribution in [-0.4, -0.2) is 17.7 Å². The fourth-order valence-electron chi connectivity index (χ4n) is 3.78. The number of carbonyl (C=O) groups excluding carboxylic acids is 1. The van der Waals surface area contributed by atoms with Crippen LogP contribution in [0, 0.1) is 0 Å². The monoisotopic (exact) mass is 404 g/mol. The van der Waals surface area contributed by atoms with Crippen molar-refractivity contribution in [3.63, 3.8) is 0 Å². The summed E-state index contributed by atoms with van der Waals surface area (Å²) in [7, 11) is 0. The molecule has 1 aliphatic heterocycles. The van der Waals surface area contributed by atoms with Crippen molar-refractivity contribution in [2.45, 2.75) is 45.3 Å². The maximum absolute atomic E-state index is 12.6. The standard InChI is InChI=1S/C25H24O5/c1-4-16(2)24(27)30-25(3,15-17-8-6-5-7-9-17)22-13-19-12-18-10-11-23(26)29-20(18)14-21(19)28-22/h4-12,14,22H,13,15H2,1-3H3/b16-4+/t22-,25-/m0/s1. The lowest BCUT2D eigenvalue weighted by Gasteiger charge is -2.34. The first-order valence-electron chi connectivity index (χ1n) is 10.0. The van der Waals surface area contributed by atoms with Crippen molar-refractivity contribution in [3.8, 4) is 5.75 Å². The normalized spacial score (nSPS) is 17.8. The van der Waals surface area contributed by atoms with Gasteiger partial charge in [-0.25, -0.2) is 9.59 Å². The number of ether oxygens (including phenoxy) is 2. The Morgan fingerprint density at radius 3 is 2.70 bits per heavy atom. The molecule has 2 atom stereocenters. The molecule has 3 aromatic rings. The van der Waals surface area contributed by atoms with Crippen molar-refractivity contribution >= 4 is 16.9 Å². The summed E-state index contributed by atoms with van der Waals surface area (Å²) in [6.07, 6.45) is 2.48. The molecule has 0 N–H and O–H groups in total. The maximum atomic E-state index is 12.6. The summed E-state index contributed by atoms with van der Waals surface area (Å²) in [5, 5.41) is 0.837. The molecule has 0 saturated carbocycles. The van der Waals surface area contributed by atoms with E-state index in [4.69, 9.17) is 13.9 Å². The van der Waals surface area contributed by atoms with E-state index in [1.54, 1.807) is 25.1 Å². The van der Waals surface area contributed by atoms with Gasteiger partial charge in [0.2, 0.25) is 0 Å². The third kappa shape index (κ3) is 3.88. The van der Waals surface area contributed by atoms with Gasteiger partial charge in [-0.1, -0.05) is 36.4 Å². The minimum atomic E-state index is -0.880. The van der Waals surface area contributed by atoms with Crippen LogP contribution in [0.3, 0.4) is 0 Å². The van der Waals surface area contributed by atoms with Gasteiger partial charge >= 0.3 is 11.6 Å². The Morgan fingerprint density at radius 2 is 1.97 bits per heavy atom. The Labute approximate surface area is 174 Å². The van der Waals surface area contributed by atoms with E-state index in [9.17, 15) is 9.59 Å². The van der Waals surface area contributed by atoms with Gasteiger partial charge in [0.1, 0.15) is 17.4 Å². The molecule has 1 aromatic heterocycles. The van der Waals surface area contributed by atoms with Gasteiger partial charge in [0.15, 0.2) is 5.60 Å². The van der Waals surface area contributed by atoms with Crippen LogP contribution in [0.4, 0.5) is 0 Å². The van der Waals surface area contributed by atoms with Crippen LogP contribution >= 0.6 is 0 Å². The zero-order valence-electron chi connectivity index (χ0n) is 17.3. The topological polar surface area (TPSA) is 65.7 Å². The van der Waals surface area contributed by atoms with Gasteiger partial charge < -0.3 is 13.9 Å². The van der Waals surface area contributed by atoms with E-state index >= 15 is 0 Å². The largest absolute Gasteiger partial charge is 0.485 e. The van der Waals surface area contributed by atoms with Crippen LogP contribution in [0.5, 0.6) is 5.75 Å². The summed E-state index contributed by atoms with van der Waals surface area (Å²) in [5.41, 5.74) is 1.81. The van der Waals surface area contributed by atoms with Gasteiger partial charge in [0.05, 0.1) is 0 Å². The van der Waals surface area contributed by atoms with E-state index in [0.717, 1.165) is 16.5 Å². The van der Waals surface area contributed by atoms with E-state index in [-0.39, 0.29) is 12.1 Å². The molecule has 4 rings (SSSR count). The van der Waals surface area contributed by atoms with Gasteiger partial charge in [0, 0.05) is 35.9 Å². The maximum Gasteiger partial charge on any atom is 0.336 e. The van der Waals surface area contributed by atoms with Crippen LogP contribution in [0.25, 0.3) is 11.0 Å². The Balaban J connectivity index is 1.68. The second-order valence-corrected chi connectivity index (χ2v) is 7.90. The number of rotatable bonds is 5. The third-order valence-corrected chi connectivity index (χ3v) is 5.64. The first-order chi connectivity index (χ1) is 14.4. The van der Waals surface area contributed by atoms with Crippen LogP contribution in [0.1, 0.15) is 31.9 Å². The summed E-state index contributed by atoms with van der Waals surface area (Å²) >= 11 is 0. The summed E-state index contributed by atoms with van der Waals surface area (Å²) < 4.78 is 17.6. The summed E-state index contributed by atoms with van der Waals surface area (Å²) in [4.78, 5) is 24.2. The highest BCUT2D eigenvalue weighted by molar-refractivity contribution is 5.88. The van der Waals surface area contributed by atoms with Crippen LogP contribution < -0.4 is 10.4 Å². The van der Waals surface area contributed by atoms with E-state index in [1.807, 2.05) is 50.2 Å². The molecule has 5 nitrogen and oxygen atoms in total. The molecule has 30 heavy (non-hydrogen) atoms. The second kappa shape index (κ2) is 7.82. The Bertz CT molecular complexity index is 1180. The minimum absolute atomic E-state index is 0.355. The highest BCUT2D eigenvalue weighted by atomic mass is 16.6. The smallest absolute Gasteiger partial charge is 0.336 e. The zero-order valence-corrected chi connectivity index (χ0v) is 17.3. The lowest BCUT2D eigenvalue weighted by Crippen LogP contribution is -2.48. The lowest BCUT2D eigenvalue weighted by atomic mass is 9.88. The summed E-state index contributed by atoms with van der Waals surface area (Å²) in [6.45, 7) is 5.47. The van der Waals surface area contributed by atoms with Crippen molar-refractivity contribution in [1.82, 2.24) is 0 Å².